The van der Waals surface area contributed by atoms with Crippen LogP contribution in [0.1, 0.15) is 19.4 Å². The average Bonchev–Trinajstić information content (AvgIpc) is 2.28. The molecule has 1 aromatic rings. The Labute approximate surface area is 78.8 Å². The second-order valence-electron chi connectivity index (χ2n) is 3.42. The Balaban J connectivity index is 2.54. The standard InChI is InChI=1S/C12H13N/c1-9-7-8-11-5-3-4-6-12(11)13-10(9)2/h3-7H,8H2,1-2H3. The molecule has 0 unspecified atom stereocenters. The van der Waals surface area contributed by atoms with Gasteiger partial charge in [-0.3, -0.25) is 4.99 Å². The van der Waals surface area contributed by atoms with Gasteiger partial charge in [0.15, 0.2) is 0 Å². The third-order valence-corrected chi connectivity index (χ3v) is 2.48. The van der Waals surface area contributed by atoms with Crippen molar-refractivity contribution < 1.29 is 0 Å². The maximum absolute atomic E-state index is 4.57. The van der Waals surface area contributed by atoms with Gasteiger partial charge in [-0.05, 0) is 37.5 Å². The summed E-state index contributed by atoms with van der Waals surface area (Å²) in [5, 5.41) is 0. The van der Waals surface area contributed by atoms with Crippen molar-refractivity contribution in [2.45, 2.75) is 20.3 Å². The van der Waals surface area contributed by atoms with Crippen molar-refractivity contribution in [2.24, 2.45) is 4.99 Å². The molecule has 66 valence electrons. The Morgan fingerprint density at radius 1 is 1.15 bits per heavy atom. The Morgan fingerprint density at radius 3 is 2.77 bits per heavy atom. The average molecular weight is 171 g/mol. The topological polar surface area (TPSA) is 12.4 Å². The second-order valence-corrected chi connectivity index (χ2v) is 3.42. The first-order chi connectivity index (χ1) is 6.27. The van der Waals surface area contributed by atoms with Crippen molar-refractivity contribution in [1.29, 1.82) is 0 Å². The first-order valence-electron chi connectivity index (χ1n) is 4.58. The van der Waals surface area contributed by atoms with Crippen LogP contribution in [0.25, 0.3) is 0 Å². The number of fused-ring (bicyclic) bond motifs is 1. The lowest BCUT2D eigenvalue weighted by atomic mass is 10.1. The van der Waals surface area contributed by atoms with Crippen molar-refractivity contribution in [3.8, 4) is 0 Å². The van der Waals surface area contributed by atoms with Crippen molar-refractivity contribution in [2.75, 3.05) is 0 Å². The molecule has 0 radical (unpaired) electrons. The largest absolute Gasteiger partial charge is 0.253 e. The van der Waals surface area contributed by atoms with E-state index < -0.39 is 0 Å². The summed E-state index contributed by atoms with van der Waals surface area (Å²) >= 11 is 0. The number of hydrogen-bond acceptors (Lipinski definition) is 1. The van der Waals surface area contributed by atoms with Gasteiger partial charge in [0.2, 0.25) is 0 Å². The minimum Gasteiger partial charge on any atom is -0.253 e. The maximum atomic E-state index is 4.57. The molecule has 1 aromatic carbocycles. The number of rotatable bonds is 0. The zero-order valence-electron chi connectivity index (χ0n) is 8.04. The van der Waals surface area contributed by atoms with Gasteiger partial charge < -0.3 is 0 Å². The third kappa shape index (κ3) is 1.55. The van der Waals surface area contributed by atoms with Gasteiger partial charge in [-0.1, -0.05) is 24.3 Å². The molecule has 1 nitrogen and oxygen atoms in total. The lowest BCUT2D eigenvalue weighted by Crippen LogP contribution is -1.90. The molecular formula is C12H13N. The highest BCUT2D eigenvalue weighted by molar-refractivity contribution is 6.00. The van der Waals surface area contributed by atoms with E-state index in [2.05, 4.69) is 43.1 Å². The minimum absolute atomic E-state index is 1.00. The van der Waals surface area contributed by atoms with Gasteiger partial charge >= 0.3 is 0 Å². The molecule has 13 heavy (non-hydrogen) atoms. The molecule has 1 heterocycles. The third-order valence-electron chi connectivity index (χ3n) is 2.48. The van der Waals surface area contributed by atoms with E-state index in [1.165, 1.54) is 11.1 Å². The lowest BCUT2D eigenvalue weighted by molar-refractivity contribution is 1.26. The quantitative estimate of drug-likeness (QED) is 0.568. The van der Waals surface area contributed by atoms with Crippen molar-refractivity contribution in [1.82, 2.24) is 0 Å². The summed E-state index contributed by atoms with van der Waals surface area (Å²) in [6.07, 6.45) is 3.24. The number of aliphatic imine (C=N–C) groups is 1. The molecule has 2 rings (SSSR count). The van der Waals surface area contributed by atoms with Gasteiger partial charge in [-0.2, -0.15) is 0 Å². The van der Waals surface area contributed by atoms with Crippen molar-refractivity contribution in [3.05, 3.63) is 41.5 Å². The molecule has 0 fully saturated rings. The van der Waals surface area contributed by atoms with E-state index in [4.69, 9.17) is 0 Å². The first-order valence-corrected chi connectivity index (χ1v) is 4.58. The van der Waals surface area contributed by atoms with E-state index in [0.717, 1.165) is 17.8 Å². The number of para-hydroxylation sites is 1. The molecule has 0 spiro atoms. The fourth-order valence-corrected chi connectivity index (χ4v) is 1.47. The van der Waals surface area contributed by atoms with Crippen LogP contribution in [0, 0.1) is 0 Å². The number of nitrogens with zero attached hydrogens (tertiary/aromatic N) is 1. The summed E-state index contributed by atoms with van der Waals surface area (Å²) in [6, 6.07) is 8.32. The summed E-state index contributed by atoms with van der Waals surface area (Å²) < 4.78 is 0. The van der Waals surface area contributed by atoms with Crippen LogP contribution in [0.3, 0.4) is 0 Å². The zero-order chi connectivity index (χ0) is 9.26. The van der Waals surface area contributed by atoms with E-state index in [1.807, 2.05) is 6.07 Å². The number of benzene rings is 1. The molecule has 0 N–H and O–H groups in total. The van der Waals surface area contributed by atoms with Crippen LogP contribution in [0.15, 0.2) is 40.9 Å². The molecule has 0 aliphatic carbocycles. The van der Waals surface area contributed by atoms with E-state index in [0.29, 0.717) is 0 Å². The highest BCUT2D eigenvalue weighted by Gasteiger charge is 2.05. The predicted molar refractivity (Wildman–Crippen MR) is 56.7 cm³/mol. The molecule has 0 aromatic heterocycles. The molecule has 1 aliphatic rings. The SMILES string of the molecule is CC1=CCc2ccccc2N=C1C. The second kappa shape index (κ2) is 3.17. The van der Waals surface area contributed by atoms with Gasteiger partial charge in [-0.15, -0.1) is 0 Å². The smallest absolute Gasteiger partial charge is 0.0668 e. The van der Waals surface area contributed by atoms with E-state index in [1.54, 1.807) is 0 Å². The molecule has 0 bridgehead atoms. The van der Waals surface area contributed by atoms with Gasteiger partial charge in [0.05, 0.1) is 5.69 Å². The maximum Gasteiger partial charge on any atom is 0.0668 e. The summed E-state index contributed by atoms with van der Waals surface area (Å²) in [6.45, 7) is 4.18. The van der Waals surface area contributed by atoms with Gasteiger partial charge in [0.25, 0.3) is 0 Å². The fraction of sp³-hybridized carbons (Fsp3) is 0.250. The lowest BCUT2D eigenvalue weighted by Gasteiger charge is -1.99. The van der Waals surface area contributed by atoms with Crippen LogP contribution in [-0.2, 0) is 6.42 Å². The van der Waals surface area contributed by atoms with Crippen LogP contribution in [0.4, 0.5) is 5.69 Å². The molecule has 1 heteroatoms. The molecule has 0 saturated carbocycles. The van der Waals surface area contributed by atoms with Crippen LogP contribution < -0.4 is 0 Å². The highest BCUT2D eigenvalue weighted by Crippen LogP contribution is 2.23. The summed E-state index contributed by atoms with van der Waals surface area (Å²) in [5.41, 5.74) is 4.85. The van der Waals surface area contributed by atoms with Crippen molar-refractivity contribution in [3.63, 3.8) is 0 Å². The fourth-order valence-electron chi connectivity index (χ4n) is 1.47. The summed E-state index contributed by atoms with van der Waals surface area (Å²) in [5.74, 6) is 0. The van der Waals surface area contributed by atoms with Gasteiger partial charge in [0, 0.05) is 5.71 Å². The van der Waals surface area contributed by atoms with Crippen molar-refractivity contribution >= 4 is 11.4 Å². The normalized spacial score (nSPS) is 15.5. The highest BCUT2D eigenvalue weighted by atomic mass is 14.7. The van der Waals surface area contributed by atoms with E-state index in [9.17, 15) is 0 Å². The monoisotopic (exact) mass is 171 g/mol. The Bertz CT molecular complexity index is 386. The predicted octanol–water partition coefficient (Wildman–Crippen LogP) is 3.28. The summed E-state index contributed by atoms with van der Waals surface area (Å²) in [4.78, 5) is 4.57. The molecule has 0 atom stereocenters. The summed E-state index contributed by atoms with van der Waals surface area (Å²) in [7, 11) is 0. The van der Waals surface area contributed by atoms with Crippen LogP contribution in [0.5, 0.6) is 0 Å². The van der Waals surface area contributed by atoms with Gasteiger partial charge in [-0.25, -0.2) is 0 Å². The van der Waals surface area contributed by atoms with E-state index in [-0.39, 0.29) is 0 Å². The van der Waals surface area contributed by atoms with E-state index >= 15 is 0 Å². The molecule has 1 aliphatic heterocycles. The molecular weight excluding hydrogens is 158 g/mol. The van der Waals surface area contributed by atoms with Crippen LogP contribution >= 0.6 is 0 Å². The van der Waals surface area contributed by atoms with Crippen LogP contribution in [0.2, 0.25) is 0 Å². The molecule has 0 saturated heterocycles. The Hall–Kier alpha value is -1.37. The molecule has 0 amide bonds. The zero-order valence-corrected chi connectivity index (χ0v) is 8.04. The Morgan fingerprint density at radius 2 is 1.92 bits per heavy atom. The van der Waals surface area contributed by atoms with Gasteiger partial charge in [0.1, 0.15) is 0 Å². The Kier molecular flexibility index (Phi) is 2.01. The van der Waals surface area contributed by atoms with Crippen LogP contribution in [-0.4, -0.2) is 5.71 Å². The number of allylic oxidation sites excluding steroid dienone is 2. The minimum atomic E-state index is 1.00. The number of hydrogen-bond donors (Lipinski definition) is 0. The first kappa shape index (κ1) is 8.24.